The maximum Gasteiger partial charge on any atom is 0.191 e. The van der Waals surface area contributed by atoms with Gasteiger partial charge in [-0.1, -0.05) is 18.9 Å². The van der Waals surface area contributed by atoms with Crippen LogP contribution in [-0.2, 0) is 4.74 Å². The molecule has 0 amide bonds. The number of nitrogens with zero attached hydrogens (tertiary/aromatic N) is 2. The molecular formula is C19H32N4O2S. The summed E-state index contributed by atoms with van der Waals surface area (Å²) < 4.78 is 5.52. The lowest BCUT2D eigenvalue weighted by atomic mass is 10.0. The van der Waals surface area contributed by atoms with Crippen LogP contribution in [0.4, 0.5) is 0 Å². The zero-order valence-electron chi connectivity index (χ0n) is 15.7. The summed E-state index contributed by atoms with van der Waals surface area (Å²) in [5.41, 5.74) is -0.611. The highest BCUT2D eigenvalue weighted by molar-refractivity contribution is 7.10. The lowest BCUT2D eigenvalue weighted by molar-refractivity contribution is 0.0177. The topological polar surface area (TPSA) is 69.1 Å². The van der Waals surface area contributed by atoms with Crippen LogP contribution in [0.1, 0.15) is 43.5 Å². The zero-order chi connectivity index (χ0) is 18.2. The summed E-state index contributed by atoms with van der Waals surface area (Å²) in [6, 6.07) is 4.64. The first-order valence-electron chi connectivity index (χ1n) is 9.80. The largest absolute Gasteiger partial charge is 0.388 e. The molecule has 6 nitrogen and oxygen atoms in total. The smallest absolute Gasteiger partial charge is 0.191 e. The van der Waals surface area contributed by atoms with Gasteiger partial charge in [0, 0.05) is 31.1 Å². The number of morpholine rings is 1. The molecule has 1 saturated carbocycles. The number of guanidine groups is 1. The van der Waals surface area contributed by atoms with Gasteiger partial charge in [-0.25, -0.2) is 0 Å². The van der Waals surface area contributed by atoms with E-state index in [4.69, 9.17) is 4.74 Å². The van der Waals surface area contributed by atoms with Crippen LogP contribution >= 0.6 is 11.3 Å². The Balaban J connectivity index is 1.62. The van der Waals surface area contributed by atoms with Gasteiger partial charge in [0.05, 0.1) is 31.4 Å². The van der Waals surface area contributed by atoms with Crippen molar-refractivity contribution in [3.8, 4) is 0 Å². The van der Waals surface area contributed by atoms with Crippen molar-refractivity contribution in [2.45, 2.75) is 44.2 Å². The number of thiophene rings is 1. The summed E-state index contributed by atoms with van der Waals surface area (Å²) >= 11 is 1.80. The summed E-state index contributed by atoms with van der Waals surface area (Å²) in [5, 5.41) is 19.5. The van der Waals surface area contributed by atoms with Crippen molar-refractivity contribution in [2.24, 2.45) is 4.99 Å². The Hall–Kier alpha value is -1.15. The minimum absolute atomic E-state index is 0.317. The van der Waals surface area contributed by atoms with Crippen molar-refractivity contribution < 1.29 is 9.84 Å². The lowest BCUT2D eigenvalue weighted by Crippen LogP contribution is -2.46. The molecule has 0 aromatic carbocycles. The molecule has 0 radical (unpaired) electrons. The lowest BCUT2D eigenvalue weighted by Gasteiger charge is -2.34. The van der Waals surface area contributed by atoms with Crippen LogP contribution < -0.4 is 10.6 Å². The van der Waals surface area contributed by atoms with Crippen LogP contribution in [0, 0.1) is 0 Å². The van der Waals surface area contributed by atoms with Crippen LogP contribution in [0.3, 0.4) is 0 Å². The highest BCUT2D eigenvalue weighted by Gasteiger charge is 2.31. The van der Waals surface area contributed by atoms with Crippen LogP contribution in [-0.4, -0.2) is 67.5 Å². The van der Waals surface area contributed by atoms with E-state index in [1.165, 1.54) is 4.88 Å². The second-order valence-electron chi connectivity index (χ2n) is 7.19. The zero-order valence-corrected chi connectivity index (χ0v) is 16.6. The van der Waals surface area contributed by atoms with Gasteiger partial charge in [-0.15, -0.1) is 11.3 Å². The first kappa shape index (κ1) is 19.6. The Labute approximate surface area is 160 Å². The molecule has 1 aromatic heterocycles. The Morgan fingerprint density at radius 3 is 2.77 bits per heavy atom. The second kappa shape index (κ2) is 9.69. The molecule has 2 fully saturated rings. The van der Waals surface area contributed by atoms with E-state index in [0.29, 0.717) is 12.6 Å². The van der Waals surface area contributed by atoms with Gasteiger partial charge in [0.15, 0.2) is 5.96 Å². The van der Waals surface area contributed by atoms with E-state index < -0.39 is 5.60 Å². The quantitative estimate of drug-likeness (QED) is 0.499. The van der Waals surface area contributed by atoms with Gasteiger partial charge in [0.2, 0.25) is 0 Å². The first-order chi connectivity index (χ1) is 12.7. The molecule has 0 bridgehead atoms. The van der Waals surface area contributed by atoms with Gasteiger partial charge < -0.3 is 20.5 Å². The molecule has 2 heterocycles. The summed E-state index contributed by atoms with van der Waals surface area (Å²) in [4.78, 5) is 8.52. The van der Waals surface area contributed by atoms with E-state index in [-0.39, 0.29) is 0 Å². The Morgan fingerprint density at radius 1 is 1.35 bits per heavy atom. The molecule has 146 valence electrons. The molecule has 1 aliphatic carbocycles. The van der Waals surface area contributed by atoms with Crippen molar-refractivity contribution >= 4 is 17.3 Å². The van der Waals surface area contributed by atoms with E-state index in [9.17, 15) is 5.11 Å². The molecule has 1 unspecified atom stereocenters. The van der Waals surface area contributed by atoms with E-state index >= 15 is 0 Å². The Kier molecular flexibility index (Phi) is 7.31. The maximum atomic E-state index is 10.6. The van der Waals surface area contributed by atoms with Crippen molar-refractivity contribution in [2.75, 3.05) is 45.9 Å². The van der Waals surface area contributed by atoms with E-state index in [1.807, 2.05) is 0 Å². The third-order valence-electron chi connectivity index (χ3n) is 5.23. The average molecular weight is 381 g/mol. The standard InChI is InChI=1S/C19H32N4O2S/c1-2-20-18(22-15-19(24)7-3-4-8-19)21-14-16(17-6-5-13-26-17)23-9-11-25-12-10-23/h5-6,13,16,24H,2-4,7-12,14-15H2,1H3,(H2,20,21,22). The molecule has 0 spiro atoms. The number of hydrogen-bond acceptors (Lipinski definition) is 5. The number of aliphatic imine (C=N–C) groups is 1. The monoisotopic (exact) mass is 380 g/mol. The van der Waals surface area contributed by atoms with Crippen LogP contribution in [0.25, 0.3) is 0 Å². The Bertz CT molecular complexity index is 552. The van der Waals surface area contributed by atoms with Crippen molar-refractivity contribution in [1.82, 2.24) is 15.5 Å². The summed E-state index contributed by atoms with van der Waals surface area (Å²) in [5.74, 6) is 0.794. The van der Waals surface area contributed by atoms with Gasteiger partial charge in [-0.3, -0.25) is 9.89 Å². The van der Waals surface area contributed by atoms with Crippen LogP contribution in [0.5, 0.6) is 0 Å². The predicted molar refractivity (Wildman–Crippen MR) is 107 cm³/mol. The number of hydrogen-bond donors (Lipinski definition) is 3. The summed E-state index contributed by atoms with van der Waals surface area (Å²) in [7, 11) is 0. The SMILES string of the molecule is CCNC(=NCC1(O)CCCC1)NCC(c1cccs1)N1CCOCC1. The number of ether oxygens (including phenoxy) is 1. The molecule has 3 rings (SSSR count). The molecule has 7 heteroatoms. The average Bonchev–Trinajstić information content (AvgIpc) is 3.33. The van der Waals surface area contributed by atoms with Gasteiger partial charge in [-0.05, 0) is 31.2 Å². The minimum Gasteiger partial charge on any atom is -0.388 e. The predicted octanol–water partition coefficient (Wildman–Crippen LogP) is 1.98. The molecule has 1 atom stereocenters. The molecule has 3 N–H and O–H groups in total. The molecule has 1 aliphatic heterocycles. The van der Waals surface area contributed by atoms with Gasteiger partial charge in [0.1, 0.15) is 0 Å². The number of aliphatic hydroxyl groups is 1. The second-order valence-corrected chi connectivity index (χ2v) is 8.17. The molecular weight excluding hydrogens is 348 g/mol. The normalized spacial score (nSPS) is 22.3. The van der Waals surface area contributed by atoms with Crippen LogP contribution in [0.15, 0.2) is 22.5 Å². The fourth-order valence-corrected chi connectivity index (χ4v) is 4.59. The van der Waals surface area contributed by atoms with Crippen molar-refractivity contribution in [1.29, 1.82) is 0 Å². The highest BCUT2D eigenvalue weighted by atomic mass is 32.1. The van der Waals surface area contributed by atoms with E-state index in [1.54, 1.807) is 11.3 Å². The molecule has 1 aromatic rings. The van der Waals surface area contributed by atoms with Gasteiger partial charge in [-0.2, -0.15) is 0 Å². The Morgan fingerprint density at radius 2 is 2.12 bits per heavy atom. The first-order valence-corrected chi connectivity index (χ1v) is 10.7. The fourth-order valence-electron chi connectivity index (χ4n) is 3.73. The van der Waals surface area contributed by atoms with E-state index in [0.717, 1.165) is 71.0 Å². The van der Waals surface area contributed by atoms with Crippen LogP contribution in [0.2, 0.25) is 0 Å². The van der Waals surface area contributed by atoms with Gasteiger partial charge in [0.25, 0.3) is 0 Å². The summed E-state index contributed by atoms with van der Waals surface area (Å²) in [6.07, 6.45) is 3.93. The fraction of sp³-hybridized carbons (Fsp3) is 0.737. The third-order valence-corrected chi connectivity index (χ3v) is 6.20. The number of rotatable bonds is 7. The van der Waals surface area contributed by atoms with Crippen molar-refractivity contribution in [3.63, 3.8) is 0 Å². The summed E-state index contributed by atoms with van der Waals surface area (Å²) in [6.45, 7) is 7.65. The molecule has 26 heavy (non-hydrogen) atoms. The molecule has 1 saturated heterocycles. The van der Waals surface area contributed by atoms with Gasteiger partial charge >= 0.3 is 0 Å². The maximum absolute atomic E-state index is 10.6. The molecule has 2 aliphatic rings. The highest BCUT2D eigenvalue weighted by Crippen LogP contribution is 2.29. The number of nitrogens with one attached hydrogen (secondary N) is 2. The minimum atomic E-state index is -0.611. The van der Waals surface area contributed by atoms with E-state index in [2.05, 4.69) is 45.0 Å². The third kappa shape index (κ3) is 5.42. The van der Waals surface area contributed by atoms with Crippen molar-refractivity contribution in [3.05, 3.63) is 22.4 Å².